The van der Waals surface area contributed by atoms with E-state index >= 15 is 0 Å². The second-order valence-electron chi connectivity index (χ2n) is 5.01. The number of piperazine rings is 1. The SMILES string of the molecule is CCOC(=O)N1CCN(CC(=O)c2cccc(N)c2)CC1. The van der Waals surface area contributed by atoms with Crippen molar-refractivity contribution >= 4 is 17.6 Å². The number of hydrogen-bond donors (Lipinski definition) is 1. The molecule has 0 radical (unpaired) electrons. The lowest BCUT2D eigenvalue weighted by atomic mass is 10.1. The van der Waals surface area contributed by atoms with Gasteiger partial charge in [0, 0.05) is 37.4 Å². The van der Waals surface area contributed by atoms with Gasteiger partial charge in [-0.1, -0.05) is 12.1 Å². The van der Waals surface area contributed by atoms with Gasteiger partial charge in [0.25, 0.3) is 0 Å². The van der Waals surface area contributed by atoms with Gasteiger partial charge in [0.05, 0.1) is 13.2 Å². The molecule has 6 nitrogen and oxygen atoms in total. The maximum Gasteiger partial charge on any atom is 0.409 e. The molecule has 0 atom stereocenters. The molecule has 1 saturated heterocycles. The first-order valence-corrected chi connectivity index (χ1v) is 7.13. The third kappa shape index (κ3) is 4.19. The highest BCUT2D eigenvalue weighted by molar-refractivity contribution is 5.98. The molecule has 21 heavy (non-hydrogen) atoms. The molecule has 1 fully saturated rings. The van der Waals surface area contributed by atoms with Crippen LogP contribution in [0.1, 0.15) is 17.3 Å². The van der Waals surface area contributed by atoms with Crippen molar-refractivity contribution in [2.75, 3.05) is 45.1 Å². The number of nitrogens with two attached hydrogens (primary N) is 1. The molecule has 6 heteroatoms. The van der Waals surface area contributed by atoms with Gasteiger partial charge < -0.3 is 15.4 Å². The maximum atomic E-state index is 12.2. The van der Waals surface area contributed by atoms with E-state index in [0.717, 1.165) is 0 Å². The van der Waals surface area contributed by atoms with E-state index in [9.17, 15) is 9.59 Å². The van der Waals surface area contributed by atoms with Crippen LogP contribution in [0.15, 0.2) is 24.3 Å². The number of carbonyl (C=O) groups is 2. The standard InChI is InChI=1S/C15H21N3O3/c1-2-21-15(20)18-8-6-17(7-9-18)11-14(19)12-4-3-5-13(16)10-12/h3-5,10H,2,6-9,11,16H2,1H3. The number of benzene rings is 1. The van der Waals surface area contributed by atoms with Gasteiger partial charge in [-0.05, 0) is 19.1 Å². The van der Waals surface area contributed by atoms with Gasteiger partial charge in [-0.3, -0.25) is 9.69 Å². The van der Waals surface area contributed by atoms with Crippen LogP contribution in [0.3, 0.4) is 0 Å². The Hall–Kier alpha value is -2.08. The molecular weight excluding hydrogens is 270 g/mol. The summed E-state index contributed by atoms with van der Waals surface area (Å²) in [4.78, 5) is 27.5. The minimum Gasteiger partial charge on any atom is -0.450 e. The number of nitrogen functional groups attached to an aromatic ring is 1. The number of carbonyl (C=O) groups excluding carboxylic acids is 2. The van der Waals surface area contributed by atoms with Gasteiger partial charge in [0.1, 0.15) is 0 Å². The lowest BCUT2D eigenvalue weighted by Gasteiger charge is -2.33. The molecule has 1 aliphatic heterocycles. The first kappa shape index (κ1) is 15.3. The fourth-order valence-corrected chi connectivity index (χ4v) is 2.31. The number of rotatable bonds is 4. The van der Waals surface area contributed by atoms with Gasteiger partial charge in [0.15, 0.2) is 5.78 Å². The number of hydrogen-bond acceptors (Lipinski definition) is 5. The molecule has 2 rings (SSSR count). The fraction of sp³-hybridized carbons (Fsp3) is 0.467. The summed E-state index contributed by atoms with van der Waals surface area (Å²) in [6.45, 7) is 5.04. The third-order valence-electron chi connectivity index (χ3n) is 3.47. The van der Waals surface area contributed by atoms with Crippen LogP contribution in [0.25, 0.3) is 0 Å². The minimum atomic E-state index is -0.278. The predicted molar refractivity (Wildman–Crippen MR) is 80.2 cm³/mol. The second-order valence-corrected chi connectivity index (χ2v) is 5.01. The smallest absolute Gasteiger partial charge is 0.409 e. The number of Topliss-reactive ketones (excluding diaryl/α,β-unsaturated/α-hetero) is 1. The highest BCUT2D eigenvalue weighted by atomic mass is 16.6. The molecule has 0 saturated carbocycles. The van der Waals surface area contributed by atoms with Crippen molar-refractivity contribution in [1.29, 1.82) is 0 Å². The number of nitrogens with zero attached hydrogens (tertiary/aromatic N) is 2. The second kappa shape index (κ2) is 7.08. The number of anilines is 1. The average Bonchev–Trinajstić information content (AvgIpc) is 2.48. The van der Waals surface area contributed by atoms with Crippen molar-refractivity contribution in [2.24, 2.45) is 0 Å². The monoisotopic (exact) mass is 291 g/mol. The summed E-state index contributed by atoms with van der Waals surface area (Å²) in [6, 6.07) is 7.00. The first-order chi connectivity index (χ1) is 10.1. The Labute approximate surface area is 124 Å². The minimum absolute atomic E-state index is 0.0480. The summed E-state index contributed by atoms with van der Waals surface area (Å²) in [7, 11) is 0. The Bertz CT molecular complexity index is 511. The molecule has 1 aliphatic rings. The van der Waals surface area contributed by atoms with Crippen molar-refractivity contribution in [3.63, 3.8) is 0 Å². The predicted octanol–water partition coefficient (Wildman–Crippen LogP) is 1.23. The van der Waals surface area contributed by atoms with Crippen LogP contribution >= 0.6 is 0 Å². The van der Waals surface area contributed by atoms with Crippen LogP contribution in [0.4, 0.5) is 10.5 Å². The summed E-state index contributed by atoms with van der Waals surface area (Å²) in [5.41, 5.74) is 6.90. The molecule has 0 aromatic heterocycles. The lowest BCUT2D eigenvalue weighted by Crippen LogP contribution is -2.50. The van der Waals surface area contributed by atoms with Crippen molar-refractivity contribution in [2.45, 2.75) is 6.92 Å². The van der Waals surface area contributed by atoms with Crippen LogP contribution in [0.2, 0.25) is 0 Å². The Morgan fingerprint density at radius 3 is 2.57 bits per heavy atom. The molecule has 0 spiro atoms. The molecule has 114 valence electrons. The van der Waals surface area contributed by atoms with E-state index in [1.807, 2.05) is 4.90 Å². The van der Waals surface area contributed by atoms with Crippen LogP contribution in [0, 0.1) is 0 Å². The third-order valence-corrected chi connectivity index (χ3v) is 3.47. The zero-order chi connectivity index (χ0) is 15.2. The number of ketones is 1. The first-order valence-electron chi connectivity index (χ1n) is 7.13. The van der Waals surface area contributed by atoms with E-state index in [4.69, 9.17) is 10.5 Å². The maximum absolute atomic E-state index is 12.2. The quantitative estimate of drug-likeness (QED) is 0.667. The van der Waals surface area contributed by atoms with Crippen molar-refractivity contribution < 1.29 is 14.3 Å². The zero-order valence-corrected chi connectivity index (χ0v) is 12.2. The molecule has 0 bridgehead atoms. The Morgan fingerprint density at radius 1 is 1.24 bits per heavy atom. The van der Waals surface area contributed by atoms with Crippen molar-refractivity contribution in [1.82, 2.24) is 9.80 Å². The molecule has 1 aromatic carbocycles. The highest BCUT2D eigenvalue weighted by Crippen LogP contribution is 2.10. The molecule has 2 N–H and O–H groups in total. The van der Waals surface area contributed by atoms with E-state index in [2.05, 4.69) is 0 Å². The van der Waals surface area contributed by atoms with Gasteiger partial charge >= 0.3 is 6.09 Å². The van der Waals surface area contributed by atoms with E-state index in [0.29, 0.717) is 50.6 Å². The van der Waals surface area contributed by atoms with E-state index in [1.54, 1.807) is 36.1 Å². The van der Waals surface area contributed by atoms with Crippen LogP contribution in [-0.4, -0.2) is 61.0 Å². The van der Waals surface area contributed by atoms with E-state index in [-0.39, 0.29) is 11.9 Å². The zero-order valence-electron chi connectivity index (χ0n) is 12.2. The summed E-state index contributed by atoms with van der Waals surface area (Å²) in [6.07, 6.45) is -0.278. The Morgan fingerprint density at radius 2 is 1.95 bits per heavy atom. The van der Waals surface area contributed by atoms with Crippen molar-refractivity contribution in [3.8, 4) is 0 Å². The summed E-state index contributed by atoms with van der Waals surface area (Å²) in [5.74, 6) is 0.0480. The summed E-state index contributed by atoms with van der Waals surface area (Å²) >= 11 is 0. The fourth-order valence-electron chi connectivity index (χ4n) is 2.31. The Kier molecular flexibility index (Phi) is 5.16. The van der Waals surface area contributed by atoms with Gasteiger partial charge in [-0.15, -0.1) is 0 Å². The topological polar surface area (TPSA) is 75.9 Å². The van der Waals surface area contributed by atoms with Gasteiger partial charge in [-0.2, -0.15) is 0 Å². The molecule has 0 unspecified atom stereocenters. The number of amides is 1. The highest BCUT2D eigenvalue weighted by Gasteiger charge is 2.23. The average molecular weight is 291 g/mol. The van der Waals surface area contributed by atoms with Crippen LogP contribution in [0.5, 0.6) is 0 Å². The molecule has 1 aromatic rings. The summed E-state index contributed by atoms with van der Waals surface area (Å²) in [5, 5.41) is 0. The van der Waals surface area contributed by atoms with Gasteiger partial charge in [-0.25, -0.2) is 4.79 Å². The van der Waals surface area contributed by atoms with E-state index < -0.39 is 0 Å². The molecule has 0 aliphatic carbocycles. The lowest BCUT2D eigenvalue weighted by molar-refractivity contribution is 0.0733. The van der Waals surface area contributed by atoms with Gasteiger partial charge in [0.2, 0.25) is 0 Å². The van der Waals surface area contributed by atoms with Crippen molar-refractivity contribution in [3.05, 3.63) is 29.8 Å². The normalized spacial score (nSPS) is 15.8. The molecular formula is C15H21N3O3. The van der Waals surface area contributed by atoms with Crippen LogP contribution in [-0.2, 0) is 4.74 Å². The summed E-state index contributed by atoms with van der Waals surface area (Å²) < 4.78 is 4.97. The van der Waals surface area contributed by atoms with Crippen LogP contribution < -0.4 is 5.73 Å². The Balaban J connectivity index is 1.83. The molecule has 1 heterocycles. The number of ether oxygens (including phenoxy) is 1. The van der Waals surface area contributed by atoms with E-state index in [1.165, 1.54) is 0 Å². The largest absolute Gasteiger partial charge is 0.450 e. The molecule has 1 amide bonds.